The summed E-state index contributed by atoms with van der Waals surface area (Å²) in [6.07, 6.45) is 0. The number of benzene rings is 1. The number of carbonyl (C=O) groups is 1. The van der Waals surface area contributed by atoms with Crippen molar-refractivity contribution in [2.75, 3.05) is 0 Å². The van der Waals surface area contributed by atoms with Gasteiger partial charge in [0.2, 0.25) is 0 Å². The number of carboxylic acid groups (broad SMARTS) is 1. The quantitative estimate of drug-likeness (QED) is 0.744. The predicted octanol–water partition coefficient (Wildman–Crippen LogP) is 2.49. The average Bonchev–Trinajstić information content (AvgIpc) is 2.97. The topological polar surface area (TPSA) is 89.4 Å². The summed E-state index contributed by atoms with van der Waals surface area (Å²) in [7, 11) is 0. The first-order chi connectivity index (χ1) is 8.66. The molecule has 0 aliphatic heterocycles. The van der Waals surface area contributed by atoms with Gasteiger partial charge < -0.3 is 14.2 Å². The number of carboxylic acids is 1. The van der Waals surface area contributed by atoms with Crippen LogP contribution >= 0.6 is 0 Å². The largest absolute Gasteiger partial charge is 0.476 e. The summed E-state index contributed by atoms with van der Waals surface area (Å²) in [5.74, 6) is -0.792. The molecule has 0 fully saturated rings. The maximum Gasteiger partial charge on any atom is 0.358 e. The van der Waals surface area contributed by atoms with Gasteiger partial charge >= 0.3 is 5.97 Å². The van der Waals surface area contributed by atoms with Crippen LogP contribution < -0.4 is 0 Å². The zero-order valence-electron chi connectivity index (χ0n) is 9.38. The molecule has 0 aliphatic carbocycles. The second-order valence-electron chi connectivity index (χ2n) is 3.83. The molecule has 18 heavy (non-hydrogen) atoms. The standard InChI is InChI=1S/C12H8N2O4/c1-6-7-3-2-4-8(11(7)18-13-6)10-5-9(12(15)16)14-17-10/h2-5H,1H3,(H,15,16). The second-order valence-corrected chi connectivity index (χ2v) is 3.83. The second kappa shape index (κ2) is 3.69. The predicted molar refractivity (Wildman–Crippen MR) is 61.2 cm³/mol. The molecule has 1 aromatic carbocycles. The van der Waals surface area contributed by atoms with Crippen molar-refractivity contribution in [3.63, 3.8) is 0 Å². The Morgan fingerprint density at radius 1 is 1.28 bits per heavy atom. The molecule has 2 aromatic heterocycles. The van der Waals surface area contributed by atoms with E-state index in [-0.39, 0.29) is 5.69 Å². The summed E-state index contributed by atoms with van der Waals surface area (Å²) in [5.41, 5.74) is 1.82. The molecule has 0 spiro atoms. The Labute approximate surface area is 101 Å². The van der Waals surface area contributed by atoms with Crippen LogP contribution in [0.25, 0.3) is 22.3 Å². The molecule has 0 amide bonds. The first-order valence-electron chi connectivity index (χ1n) is 5.22. The van der Waals surface area contributed by atoms with E-state index < -0.39 is 5.97 Å². The fourth-order valence-corrected chi connectivity index (χ4v) is 1.78. The van der Waals surface area contributed by atoms with Gasteiger partial charge in [0, 0.05) is 11.5 Å². The summed E-state index contributed by atoms with van der Waals surface area (Å²) in [5, 5.41) is 17.0. The molecule has 0 radical (unpaired) electrons. The third kappa shape index (κ3) is 1.46. The van der Waals surface area contributed by atoms with Gasteiger partial charge in [-0.15, -0.1) is 0 Å². The van der Waals surface area contributed by atoms with Crippen LogP contribution in [0.3, 0.4) is 0 Å². The van der Waals surface area contributed by atoms with Gasteiger partial charge in [-0.25, -0.2) is 4.79 Å². The summed E-state index contributed by atoms with van der Waals surface area (Å²) in [6.45, 7) is 1.83. The minimum atomic E-state index is -1.13. The highest BCUT2D eigenvalue weighted by atomic mass is 16.5. The van der Waals surface area contributed by atoms with Crippen LogP contribution in [0, 0.1) is 6.92 Å². The Morgan fingerprint density at radius 2 is 2.11 bits per heavy atom. The average molecular weight is 244 g/mol. The van der Waals surface area contributed by atoms with E-state index in [2.05, 4.69) is 10.3 Å². The van der Waals surface area contributed by atoms with Crippen LogP contribution in [0.5, 0.6) is 0 Å². The number of para-hydroxylation sites is 1. The van der Waals surface area contributed by atoms with Crippen LogP contribution in [0.4, 0.5) is 0 Å². The summed E-state index contributed by atoms with van der Waals surface area (Å²) in [6, 6.07) is 6.82. The van der Waals surface area contributed by atoms with Crippen molar-refractivity contribution in [3.05, 3.63) is 35.7 Å². The highest BCUT2D eigenvalue weighted by molar-refractivity contribution is 5.93. The SMILES string of the molecule is Cc1noc2c(-c3cc(C(=O)O)no3)cccc12. The van der Waals surface area contributed by atoms with Crippen LogP contribution in [-0.4, -0.2) is 21.4 Å². The van der Waals surface area contributed by atoms with E-state index in [1.807, 2.05) is 19.1 Å². The normalized spacial score (nSPS) is 10.9. The molecule has 6 nitrogen and oxygen atoms in total. The Balaban J connectivity index is 2.21. The number of fused-ring (bicyclic) bond motifs is 1. The molecule has 3 aromatic rings. The van der Waals surface area contributed by atoms with E-state index in [1.54, 1.807) is 6.07 Å². The van der Waals surface area contributed by atoms with Crippen molar-refractivity contribution in [1.82, 2.24) is 10.3 Å². The van der Waals surface area contributed by atoms with E-state index in [4.69, 9.17) is 14.2 Å². The van der Waals surface area contributed by atoms with Crippen molar-refractivity contribution in [2.45, 2.75) is 6.92 Å². The summed E-state index contributed by atoms with van der Waals surface area (Å²) >= 11 is 0. The van der Waals surface area contributed by atoms with Crippen molar-refractivity contribution < 1.29 is 18.9 Å². The van der Waals surface area contributed by atoms with Gasteiger partial charge in [-0.2, -0.15) is 0 Å². The van der Waals surface area contributed by atoms with E-state index in [9.17, 15) is 4.79 Å². The van der Waals surface area contributed by atoms with Crippen LogP contribution in [-0.2, 0) is 0 Å². The summed E-state index contributed by atoms with van der Waals surface area (Å²) in [4.78, 5) is 10.8. The number of nitrogens with zero attached hydrogens (tertiary/aromatic N) is 2. The van der Waals surface area contributed by atoms with Gasteiger partial charge in [-0.1, -0.05) is 16.4 Å². The third-order valence-corrected chi connectivity index (χ3v) is 2.67. The first-order valence-corrected chi connectivity index (χ1v) is 5.22. The minimum Gasteiger partial charge on any atom is -0.476 e. The van der Waals surface area contributed by atoms with E-state index in [0.717, 1.165) is 11.1 Å². The Hall–Kier alpha value is -2.63. The number of aromatic nitrogens is 2. The number of hydrogen-bond acceptors (Lipinski definition) is 5. The molecule has 0 atom stereocenters. The molecule has 0 saturated heterocycles. The number of rotatable bonds is 2. The fraction of sp³-hybridized carbons (Fsp3) is 0.0833. The lowest BCUT2D eigenvalue weighted by Crippen LogP contribution is -1.94. The smallest absolute Gasteiger partial charge is 0.358 e. The lowest BCUT2D eigenvalue weighted by atomic mass is 10.1. The number of aryl methyl sites for hydroxylation is 1. The Kier molecular flexibility index (Phi) is 2.16. The first kappa shape index (κ1) is 10.5. The van der Waals surface area contributed by atoms with Crippen LogP contribution in [0.15, 0.2) is 33.3 Å². The van der Waals surface area contributed by atoms with E-state index in [0.29, 0.717) is 16.9 Å². The van der Waals surface area contributed by atoms with Gasteiger partial charge in [0.25, 0.3) is 0 Å². The number of hydrogen-bond donors (Lipinski definition) is 1. The molecule has 0 saturated carbocycles. The zero-order chi connectivity index (χ0) is 12.7. The molecule has 1 N–H and O–H groups in total. The van der Waals surface area contributed by atoms with Gasteiger partial charge in [0.1, 0.15) is 0 Å². The molecular formula is C12H8N2O4. The van der Waals surface area contributed by atoms with E-state index in [1.165, 1.54) is 6.07 Å². The molecular weight excluding hydrogens is 236 g/mol. The zero-order valence-corrected chi connectivity index (χ0v) is 9.38. The minimum absolute atomic E-state index is 0.141. The molecule has 6 heteroatoms. The fourth-order valence-electron chi connectivity index (χ4n) is 1.78. The van der Waals surface area contributed by atoms with Gasteiger partial charge in [0.05, 0.1) is 11.3 Å². The Morgan fingerprint density at radius 3 is 2.83 bits per heavy atom. The van der Waals surface area contributed by atoms with Crippen molar-refractivity contribution in [2.24, 2.45) is 0 Å². The van der Waals surface area contributed by atoms with Crippen molar-refractivity contribution >= 4 is 16.9 Å². The monoisotopic (exact) mass is 244 g/mol. The van der Waals surface area contributed by atoms with Gasteiger partial charge in [0.15, 0.2) is 17.0 Å². The Bertz CT molecular complexity index is 741. The molecule has 0 bridgehead atoms. The molecule has 90 valence electrons. The van der Waals surface area contributed by atoms with Crippen molar-refractivity contribution in [3.8, 4) is 11.3 Å². The molecule has 0 unspecified atom stereocenters. The van der Waals surface area contributed by atoms with Crippen LogP contribution in [0.2, 0.25) is 0 Å². The molecule has 3 rings (SSSR count). The van der Waals surface area contributed by atoms with Crippen LogP contribution in [0.1, 0.15) is 16.2 Å². The highest BCUT2D eigenvalue weighted by Crippen LogP contribution is 2.30. The lowest BCUT2D eigenvalue weighted by Gasteiger charge is -1.95. The van der Waals surface area contributed by atoms with Crippen molar-refractivity contribution in [1.29, 1.82) is 0 Å². The molecule has 0 aliphatic rings. The summed E-state index contributed by atoms with van der Waals surface area (Å²) < 4.78 is 10.2. The molecule has 2 heterocycles. The third-order valence-electron chi connectivity index (χ3n) is 2.67. The van der Waals surface area contributed by atoms with E-state index >= 15 is 0 Å². The number of aromatic carboxylic acids is 1. The maximum absolute atomic E-state index is 10.8. The van der Waals surface area contributed by atoms with Gasteiger partial charge in [-0.3, -0.25) is 0 Å². The highest BCUT2D eigenvalue weighted by Gasteiger charge is 2.17. The maximum atomic E-state index is 10.8. The van der Waals surface area contributed by atoms with Gasteiger partial charge in [-0.05, 0) is 19.1 Å². The lowest BCUT2D eigenvalue weighted by molar-refractivity contribution is 0.0686.